The molecule has 0 aliphatic rings. The molecule has 0 spiro atoms. The molecule has 0 atom stereocenters. The Morgan fingerprint density at radius 2 is 1.71 bits per heavy atom. The number of amides is 1. The average molecular weight is 534 g/mol. The highest BCUT2D eigenvalue weighted by atomic mass is 32.2. The van der Waals surface area contributed by atoms with Gasteiger partial charge in [0.2, 0.25) is 15.0 Å². The maximum atomic E-state index is 13.9. The van der Waals surface area contributed by atoms with Crippen molar-refractivity contribution < 1.29 is 17.6 Å². The van der Waals surface area contributed by atoms with E-state index in [2.05, 4.69) is 4.98 Å². The van der Waals surface area contributed by atoms with Gasteiger partial charge in [0, 0.05) is 12.1 Å². The van der Waals surface area contributed by atoms with Crippen LogP contribution in [0.1, 0.15) is 46.6 Å². The van der Waals surface area contributed by atoms with Crippen LogP contribution in [-0.4, -0.2) is 35.3 Å². The summed E-state index contributed by atoms with van der Waals surface area (Å²) in [4.78, 5) is 19.4. The van der Waals surface area contributed by atoms with E-state index in [4.69, 9.17) is 0 Å². The number of nitrogens with zero attached hydrogens (tertiary/aromatic N) is 3. The lowest BCUT2D eigenvalue weighted by Crippen LogP contribution is -2.34. The minimum atomic E-state index is -3.80. The van der Waals surface area contributed by atoms with Crippen LogP contribution < -0.4 is 0 Å². The molecule has 0 bridgehead atoms. The first kappa shape index (κ1) is 27.3. The van der Waals surface area contributed by atoms with Crippen LogP contribution in [0.25, 0.3) is 0 Å². The highest BCUT2D eigenvalue weighted by molar-refractivity contribution is 7.90. The number of rotatable bonds is 10. The molecule has 1 heterocycles. The van der Waals surface area contributed by atoms with Crippen LogP contribution in [0, 0.1) is 18.7 Å². The highest BCUT2D eigenvalue weighted by Crippen LogP contribution is 2.23. The topological polar surface area (TPSA) is 72.3 Å². The first-order chi connectivity index (χ1) is 18.1. The van der Waals surface area contributed by atoms with Gasteiger partial charge in [0.15, 0.2) is 0 Å². The molecule has 4 rings (SSSR count). The highest BCUT2D eigenvalue weighted by Gasteiger charge is 2.27. The Balaban J connectivity index is 1.74. The molecular formula is C30H32FN3O3S. The molecule has 6 nitrogen and oxygen atoms in total. The first-order valence-electron chi connectivity index (χ1n) is 12.5. The third kappa shape index (κ3) is 6.55. The molecule has 0 aliphatic carbocycles. The molecule has 0 radical (unpaired) electrons. The van der Waals surface area contributed by atoms with Crippen molar-refractivity contribution in [3.05, 3.63) is 119 Å². The summed E-state index contributed by atoms with van der Waals surface area (Å²) in [6.45, 7) is 6.69. The van der Waals surface area contributed by atoms with Gasteiger partial charge < -0.3 is 9.47 Å². The monoisotopic (exact) mass is 533 g/mol. The summed E-state index contributed by atoms with van der Waals surface area (Å²) >= 11 is 0. The Morgan fingerprint density at radius 1 is 1.00 bits per heavy atom. The van der Waals surface area contributed by atoms with Crippen LogP contribution >= 0.6 is 0 Å². The van der Waals surface area contributed by atoms with Crippen LogP contribution in [0.15, 0.2) is 90.2 Å². The van der Waals surface area contributed by atoms with Crippen molar-refractivity contribution in [1.82, 2.24) is 14.5 Å². The van der Waals surface area contributed by atoms with E-state index in [9.17, 15) is 17.6 Å². The molecule has 8 heteroatoms. The molecule has 38 heavy (non-hydrogen) atoms. The molecule has 3 aromatic carbocycles. The minimum absolute atomic E-state index is 0.0395. The summed E-state index contributed by atoms with van der Waals surface area (Å²) < 4.78 is 42.8. The van der Waals surface area contributed by atoms with Gasteiger partial charge in [0.1, 0.15) is 5.82 Å². The van der Waals surface area contributed by atoms with Crippen LogP contribution in [-0.2, 0) is 28.7 Å². The number of benzene rings is 3. The van der Waals surface area contributed by atoms with E-state index in [1.165, 1.54) is 24.4 Å². The van der Waals surface area contributed by atoms with Gasteiger partial charge in [-0.1, -0.05) is 74.5 Å². The molecule has 0 aliphatic heterocycles. The van der Waals surface area contributed by atoms with Gasteiger partial charge in [-0.2, -0.15) is 0 Å². The molecule has 1 aromatic heterocycles. The van der Waals surface area contributed by atoms with Crippen LogP contribution in [0.5, 0.6) is 0 Å². The van der Waals surface area contributed by atoms with Crippen molar-refractivity contribution in [2.75, 3.05) is 6.54 Å². The molecule has 0 saturated heterocycles. The van der Waals surface area contributed by atoms with Crippen molar-refractivity contribution in [3.8, 4) is 0 Å². The zero-order chi connectivity index (χ0) is 27.3. The summed E-state index contributed by atoms with van der Waals surface area (Å²) in [5.41, 5.74) is 3.34. The first-order valence-corrected chi connectivity index (χ1v) is 14.2. The van der Waals surface area contributed by atoms with Gasteiger partial charge in [0.25, 0.3) is 5.91 Å². The van der Waals surface area contributed by atoms with Gasteiger partial charge in [-0.05, 0) is 47.7 Å². The number of imidazole rings is 1. The molecular weight excluding hydrogens is 501 g/mol. The number of aryl methyl sites for hydroxylation is 1. The third-order valence-electron chi connectivity index (χ3n) is 6.27. The van der Waals surface area contributed by atoms with Gasteiger partial charge in [0.05, 0.1) is 30.7 Å². The molecule has 0 fully saturated rings. The van der Waals surface area contributed by atoms with Crippen molar-refractivity contribution in [1.29, 1.82) is 0 Å². The van der Waals surface area contributed by atoms with E-state index in [0.29, 0.717) is 17.8 Å². The van der Waals surface area contributed by atoms with Crippen LogP contribution in [0.2, 0.25) is 0 Å². The summed E-state index contributed by atoms with van der Waals surface area (Å²) in [5, 5.41) is -0.0395. The van der Waals surface area contributed by atoms with E-state index in [1.54, 1.807) is 21.6 Å². The summed E-state index contributed by atoms with van der Waals surface area (Å²) in [5.74, 6) is -0.848. The number of halogens is 1. The predicted octanol–water partition coefficient (Wildman–Crippen LogP) is 5.65. The van der Waals surface area contributed by atoms with Crippen LogP contribution in [0.3, 0.4) is 0 Å². The zero-order valence-electron chi connectivity index (χ0n) is 21.8. The maximum absolute atomic E-state index is 13.9. The lowest BCUT2D eigenvalue weighted by Gasteiger charge is -2.25. The number of aromatic nitrogens is 2. The summed E-state index contributed by atoms with van der Waals surface area (Å²) in [7, 11) is -3.80. The summed E-state index contributed by atoms with van der Waals surface area (Å²) in [6, 6.07) is 22.5. The van der Waals surface area contributed by atoms with E-state index >= 15 is 0 Å². The largest absolute Gasteiger partial charge is 0.333 e. The van der Waals surface area contributed by atoms with Gasteiger partial charge in [-0.25, -0.2) is 17.8 Å². The Bertz CT molecular complexity index is 1510. The number of sulfone groups is 1. The maximum Gasteiger partial charge on any atom is 0.254 e. The van der Waals surface area contributed by atoms with Crippen molar-refractivity contribution in [3.63, 3.8) is 0 Å². The molecule has 0 N–H and O–H groups in total. The van der Waals surface area contributed by atoms with E-state index in [1.807, 2.05) is 69.3 Å². The van der Waals surface area contributed by atoms with Crippen molar-refractivity contribution >= 4 is 15.7 Å². The normalized spacial score (nSPS) is 11.6. The van der Waals surface area contributed by atoms with Gasteiger partial charge >= 0.3 is 0 Å². The Morgan fingerprint density at radius 3 is 2.39 bits per heavy atom. The van der Waals surface area contributed by atoms with Crippen molar-refractivity contribution in [2.24, 2.45) is 5.92 Å². The van der Waals surface area contributed by atoms with Crippen LogP contribution in [0.4, 0.5) is 4.39 Å². The van der Waals surface area contributed by atoms with Gasteiger partial charge in [-0.3, -0.25) is 4.79 Å². The number of hydrogen-bond acceptors (Lipinski definition) is 4. The van der Waals surface area contributed by atoms with E-state index in [-0.39, 0.29) is 41.4 Å². The molecule has 0 saturated carbocycles. The smallest absolute Gasteiger partial charge is 0.254 e. The quantitative estimate of drug-likeness (QED) is 0.264. The number of carbonyl (C=O) groups is 1. The Labute approximate surface area is 223 Å². The SMILES string of the molecule is Cc1ccccc1CS(=O)(=O)c1ncc(CN(CC(C)C)C(=O)c2cccc(F)c2)n1Cc1ccccc1. The minimum Gasteiger partial charge on any atom is -0.333 e. The summed E-state index contributed by atoms with van der Waals surface area (Å²) in [6.07, 6.45) is 1.53. The predicted molar refractivity (Wildman–Crippen MR) is 146 cm³/mol. The standard InChI is InChI=1S/C30H32FN3O3S/c1-22(2)18-33(29(35)25-14-9-15-27(31)16-25)20-28-17-32-30(34(28)19-24-11-5-4-6-12-24)38(36,37)21-26-13-8-7-10-23(26)3/h4-17,22H,18-21H2,1-3H3. The molecule has 198 valence electrons. The third-order valence-corrected chi connectivity index (χ3v) is 7.84. The molecule has 1 amide bonds. The fraction of sp³-hybridized carbons (Fsp3) is 0.267. The fourth-order valence-corrected chi connectivity index (χ4v) is 6.00. The second-order valence-electron chi connectivity index (χ2n) is 9.88. The fourth-order valence-electron chi connectivity index (χ4n) is 4.40. The lowest BCUT2D eigenvalue weighted by atomic mass is 10.1. The molecule has 0 unspecified atom stereocenters. The van der Waals surface area contributed by atoms with E-state index in [0.717, 1.165) is 11.1 Å². The number of hydrogen-bond donors (Lipinski definition) is 0. The molecule has 4 aromatic rings. The van der Waals surface area contributed by atoms with Crippen molar-refractivity contribution in [2.45, 2.75) is 44.8 Å². The second-order valence-corrected chi connectivity index (χ2v) is 11.8. The zero-order valence-corrected chi connectivity index (χ0v) is 22.7. The van der Waals surface area contributed by atoms with Gasteiger partial charge in [-0.15, -0.1) is 0 Å². The lowest BCUT2D eigenvalue weighted by molar-refractivity contribution is 0.0718. The Kier molecular flexibility index (Phi) is 8.42. The Hall–Kier alpha value is -3.78. The number of carbonyl (C=O) groups excluding carboxylic acids is 1. The average Bonchev–Trinajstić information content (AvgIpc) is 3.27. The van der Waals surface area contributed by atoms with E-state index < -0.39 is 15.7 Å². The second kappa shape index (κ2) is 11.7.